The lowest BCUT2D eigenvalue weighted by Crippen LogP contribution is -2.20. The van der Waals surface area contributed by atoms with Gasteiger partial charge in [0.1, 0.15) is 19.0 Å². The van der Waals surface area contributed by atoms with E-state index in [9.17, 15) is 22.8 Å². The van der Waals surface area contributed by atoms with Gasteiger partial charge in [0.05, 0.1) is 18.2 Å². The number of methoxy groups -OCH3 is 1. The molecule has 7 nitrogen and oxygen atoms in total. The summed E-state index contributed by atoms with van der Waals surface area (Å²) < 4.78 is 60.7. The average Bonchev–Trinajstić information content (AvgIpc) is 2.86. The summed E-state index contributed by atoms with van der Waals surface area (Å²) in [7, 11) is 1.35. The minimum absolute atomic E-state index is 0.0190. The number of carbonyl (C=O) groups is 2. The van der Waals surface area contributed by atoms with E-state index in [4.69, 9.17) is 18.9 Å². The third-order valence-electron chi connectivity index (χ3n) is 4.63. The van der Waals surface area contributed by atoms with Gasteiger partial charge >= 0.3 is 12.1 Å². The molecular weight excluding hydrogens is 547 g/mol. The molecule has 0 radical (unpaired) electrons. The van der Waals surface area contributed by atoms with Gasteiger partial charge < -0.3 is 24.3 Å². The van der Waals surface area contributed by atoms with Crippen LogP contribution in [0.25, 0.3) is 0 Å². The number of amides is 1. The van der Waals surface area contributed by atoms with Crippen LogP contribution in [0.15, 0.2) is 71.2 Å². The number of benzene rings is 3. The summed E-state index contributed by atoms with van der Waals surface area (Å²) in [6, 6.07) is 15.7. The molecule has 0 aliphatic heterocycles. The second-order valence-electron chi connectivity index (χ2n) is 7.22. The highest BCUT2D eigenvalue weighted by Gasteiger charge is 2.30. The van der Waals surface area contributed by atoms with Crippen LogP contribution in [-0.4, -0.2) is 38.8 Å². The normalized spacial score (nSPS) is 10.9. The largest absolute Gasteiger partial charge is 0.493 e. The van der Waals surface area contributed by atoms with Crippen molar-refractivity contribution in [3.05, 3.63) is 82.3 Å². The number of anilines is 1. The zero-order chi connectivity index (χ0) is 26.1. The van der Waals surface area contributed by atoms with Crippen molar-refractivity contribution < 1.29 is 41.7 Å². The number of carbonyl (C=O) groups excluding carboxylic acids is 2. The molecule has 0 heterocycles. The number of rotatable bonds is 10. The lowest BCUT2D eigenvalue weighted by atomic mass is 10.2. The first-order chi connectivity index (χ1) is 17.2. The molecule has 0 saturated heterocycles. The number of hydrogen-bond donors (Lipinski definition) is 1. The molecule has 0 spiro atoms. The fraction of sp³-hybridized carbons (Fsp3) is 0.200. The van der Waals surface area contributed by atoms with Gasteiger partial charge in [-0.2, -0.15) is 13.2 Å². The molecule has 1 N–H and O–H groups in total. The van der Waals surface area contributed by atoms with E-state index in [0.717, 1.165) is 16.6 Å². The molecule has 0 aliphatic rings. The Morgan fingerprint density at radius 1 is 0.917 bits per heavy atom. The zero-order valence-corrected chi connectivity index (χ0v) is 20.5. The highest BCUT2D eigenvalue weighted by atomic mass is 79.9. The van der Waals surface area contributed by atoms with Crippen molar-refractivity contribution in [2.24, 2.45) is 0 Å². The Kier molecular flexibility index (Phi) is 9.18. The fourth-order valence-electron chi connectivity index (χ4n) is 2.94. The summed E-state index contributed by atoms with van der Waals surface area (Å²) in [6.07, 6.45) is -4.53. The van der Waals surface area contributed by atoms with E-state index in [1.807, 2.05) is 12.1 Å². The summed E-state index contributed by atoms with van der Waals surface area (Å²) >= 11 is 3.33. The van der Waals surface area contributed by atoms with E-state index >= 15 is 0 Å². The molecule has 3 rings (SSSR count). The van der Waals surface area contributed by atoms with E-state index in [2.05, 4.69) is 21.2 Å². The Morgan fingerprint density at radius 3 is 2.36 bits per heavy atom. The molecule has 0 fully saturated rings. The summed E-state index contributed by atoms with van der Waals surface area (Å²) in [5.41, 5.74) is -0.714. The summed E-state index contributed by atoms with van der Waals surface area (Å²) in [6.45, 7) is -0.318. The monoisotopic (exact) mass is 567 g/mol. The molecule has 3 aromatic rings. The molecule has 0 aromatic heterocycles. The van der Waals surface area contributed by atoms with Crippen molar-refractivity contribution in [1.29, 1.82) is 0 Å². The first kappa shape index (κ1) is 26.9. The van der Waals surface area contributed by atoms with E-state index in [0.29, 0.717) is 5.75 Å². The van der Waals surface area contributed by atoms with Crippen LogP contribution >= 0.6 is 15.9 Å². The second-order valence-corrected chi connectivity index (χ2v) is 8.14. The van der Waals surface area contributed by atoms with Gasteiger partial charge in [-0.15, -0.1) is 0 Å². The van der Waals surface area contributed by atoms with E-state index in [-0.39, 0.29) is 36.0 Å². The minimum Gasteiger partial charge on any atom is -0.493 e. The molecule has 1 amide bonds. The maximum Gasteiger partial charge on any atom is 0.416 e. The smallest absolute Gasteiger partial charge is 0.416 e. The van der Waals surface area contributed by atoms with E-state index < -0.39 is 30.2 Å². The summed E-state index contributed by atoms with van der Waals surface area (Å²) in [4.78, 5) is 24.5. The molecule has 0 aliphatic carbocycles. The van der Waals surface area contributed by atoms with Gasteiger partial charge in [-0.3, -0.25) is 4.79 Å². The van der Waals surface area contributed by atoms with Crippen molar-refractivity contribution in [1.82, 2.24) is 0 Å². The SMILES string of the molecule is COc1cc(C(=O)OCCOc2ccc(Br)cc2)ccc1OCC(=O)Nc1cccc(C(F)(F)F)c1. The van der Waals surface area contributed by atoms with Crippen LogP contribution < -0.4 is 19.5 Å². The third kappa shape index (κ3) is 7.91. The van der Waals surface area contributed by atoms with Gasteiger partial charge in [0, 0.05) is 10.2 Å². The minimum atomic E-state index is -4.53. The summed E-state index contributed by atoms with van der Waals surface area (Å²) in [5.74, 6) is -0.323. The molecule has 0 bridgehead atoms. The number of alkyl halides is 3. The van der Waals surface area contributed by atoms with Crippen molar-refractivity contribution >= 4 is 33.5 Å². The predicted octanol–water partition coefficient (Wildman–Crippen LogP) is 5.73. The maximum atomic E-state index is 12.8. The van der Waals surface area contributed by atoms with E-state index in [1.54, 1.807) is 12.1 Å². The number of nitrogens with one attached hydrogen (secondary N) is 1. The highest BCUT2D eigenvalue weighted by molar-refractivity contribution is 9.10. The molecule has 190 valence electrons. The Hall–Kier alpha value is -3.73. The van der Waals surface area contributed by atoms with Crippen LogP contribution in [0.1, 0.15) is 15.9 Å². The lowest BCUT2D eigenvalue weighted by Gasteiger charge is -2.13. The Balaban J connectivity index is 1.50. The maximum absolute atomic E-state index is 12.8. The van der Waals surface area contributed by atoms with Gasteiger partial charge in [-0.1, -0.05) is 22.0 Å². The fourth-order valence-corrected chi connectivity index (χ4v) is 3.20. The van der Waals surface area contributed by atoms with Crippen LogP contribution in [0.4, 0.5) is 18.9 Å². The van der Waals surface area contributed by atoms with Gasteiger partial charge in [0.2, 0.25) is 0 Å². The Labute approximate surface area is 213 Å². The number of esters is 1. The lowest BCUT2D eigenvalue weighted by molar-refractivity contribution is -0.137. The molecule has 11 heteroatoms. The summed E-state index contributed by atoms with van der Waals surface area (Å²) in [5, 5.41) is 2.34. The Bertz CT molecular complexity index is 1200. The first-order valence-corrected chi connectivity index (χ1v) is 11.3. The molecule has 0 atom stereocenters. The van der Waals surface area contributed by atoms with Crippen molar-refractivity contribution in [2.45, 2.75) is 6.18 Å². The molecule has 36 heavy (non-hydrogen) atoms. The molecule has 0 unspecified atom stereocenters. The molecular formula is C25H21BrF3NO6. The quantitative estimate of drug-likeness (QED) is 0.249. The highest BCUT2D eigenvalue weighted by Crippen LogP contribution is 2.31. The predicted molar refractivity (Wildman–Crippen MR) is 128 cm³/mol. The third-order valence-corrected chi connectivity index (χ3v) is 5.16. The van der Waals surface area contributed by atoms with E-state index in [1.165, 1.54) is 37.4 Å². The van der Waals surface area contributed by atoms with Crippen molar-refractivity contribution in [3.63, 3.8) is 0 Å². The topological polar surface area (TPSA) is 83.1 Å². The second kappa shape index (κ2) is 12.3. The first-order valence-electron chi connectivity index (χ1n) is 10.5. The van der Waals surface area contributed by atoms with Crippen molar-refractivity contribution in [2.75, 3.05) is 32.2 Å². The molecule has 0 saturated carbocycles. The van der Waals surface area contributed by atoms with Gasteiger partial charge in [-0.25, -0.2) is 4.79 Å². The number of ether oxygens (including phenoxy) is 4. The number of halogens is 4. The van der Waals surface area contributed by atoms with Gasteiger partial charge in [0.25, 0.3) is 5.91 Å². The van der Waals surface area contributed by atoms with Crippen LogP contribution in [0.5, 0.6) is 17.2 Å². The van der Waals surface area contributed by atoms with Crippen molar-refractivity contribution in [3.8, 4) is 17.2 Å². The van der Waals surface area contributed by atoms with Gasteiger partial charge in [-0.05, 0) is 60.7 Å². The van der Waals surface area contributed by atoms with Crippen LogP contribution in [0.2, 0.25) is 0 Å². The van der Waals surface area contributed by atoms with Gasteiger partial charge in [0.15, 0.2) is 18.1 Å². The zero-order valence-electron chi connectivity index (χ0n) is 18.9. The average molecular weight is 568 g/mol. The van der Waals surface area contributed by atoms with Crippen LogP contribution in [0.3, 0.4) is 0 Å². The van der Waals surface area contributed by atoms with Crippen LogP contribution in [0, 0.1) is 0 Å². The molecule has 3 aromatic carbocycles. The Morgan fingerprint density at radius 2 is 1.67 bits per heavy atom. The number of hydrogen-bond acceptors (Lipinski definition) is 6. The standard InChI is InChI=1S/C25H21BrF3NO6/c1-33-22-13-16(24(32)35-12-11-34-20-8-6-18(26)7-9-20)5-10-21(22)36-15-23(31)30-19-4-2-3-17(14-19)25(27,28)29/h2-10,13-14H,11-12,15H2,1H3,(H,30,31). The van der Waals surface area contributed by atoms with Crippen LogP contribution in [-0.2, 0) is 15.7 Å².